The van der Waals surface area contributed by atoms with Crippen LogP contribution >= 0.6 is 0 Å². The molecule has 1 nitrogen and oxygen atoms in total. The number of anilines is 1. The molecule has 1 N–H and O–H groups in total. The van der Waals surface area contributed by atoms with Gasteiger partial charge in [0.05, 0.1) is 0 Å². The zero-order valence-electron chi connectivity index (χ0n) is 8.93. The molecule has 0 aliphatic heterocycles. The zero-order valence-corrected chi connectivity index (χ0v) is 8.93. The van der Waals surface area contributed by atoms with Gasteiger partial charge in [0, 0.05) is 18.7 Å². The highest BCUT2D eigenvalue weighted by Gasteiger charge is 1.92. The fraction of sp³-hybridized carbons (Fsp3) is 0.385. The Morgan fingerprint density at radius 2 is 2.21 bits per heavy atom. The van der Waals surface area contributed by atoms with Crippen molar-refractivity contribution in [3.05, 3.63) is 29.8 Å². The molecule has 0 saturated heterocycles. The summed E-state index contributed by atoms with van der Waals surface area (Å²) in [6.07, 6.45) is 2.00. The summed E-state index contributed by atoms with van der Waals surface area (Å²) in [5.74, 6) is 5.92. The smallest absolute Gasteiger partial charge is 0.0343 e. The second-order valence-corrected chi connectivity index (χ2v) is 3.16. The number of hydrogen-bond acceptors (Lipinski definition) is 1. The van der Waals surface area contributed by atoms with Crippen molar-refractivity contribution < 1.29 is 0 Å². The number of aryl methyl sites for hydroxylation is 1. The third-order valence-electron chi connectivity index (χ3n) is 2.09. The minimum atomic E-state index is 0.910. The first-order chi connectivity index (χ1) is 6.86. The van der Waals surface area contributed by atoms with Gasteiger partial charge >= 0.3 is 0 Å². The van der Waals surface area contributed by atoms with Crippen LogP contribution in [-0.2, 0) is 6.42 Å². The monoisotopic (exact) mass is 187 g/mol. The molecule has 0 heterocycles. The summed E-state index contributed by atoms with van der Waals surface area (Å²) in [6, 6.07) is 8.53. The Hall–Kier alpha value is -1.42. The second-order valence-electron chi connectivity index (χ2n) is 3.16. The van der Waals surface area contributed by atoms with Gasteiger partial charge in [-0.3, -0.25) is 0 Å². The van der Waals surface area contributed by atoms with Crippen LogP contribution < -0.4 is 5.32 Å². The topological polar surface area (TPSA) is 12.0 Å². The molecule has 0 amide bonds. The van der Waals surface area contributed by atoms with Gasteiger partial charge in [0.1, 0.15) is 0 Å². The number of nitrogens with one attached hydrogen (secondary N) is 1. The fourth-order valence-electron chi connectivity index (χ4n) is 1.30. The van der Waals surface area contributed by atoms with Crippen molar-refractivity contribution in [2.24, 2.45) is 0 Å². The van der Waals surface area contributed by atoms with Crippen molar-refractivity contribution in [2.75, 3.05) is 11.9 Å². The maximum absolute atomic E-state index is 3.35. The normalized spacial score (nSPS) is 9.00. The summed E-state index contributed by atoms with van der Waals surface area (Å²) in [6.45, 7) is 4.97. The van der Waals surface area contributed by atoms with E-state index in [9.17, 15) is 0 Å². The number of rotatable bonds is 4. The van der Waals surface area contributed by atoms with Gasteiger partial charge in [-0.25, -0.2) is 0 Å². The van der Waals surface area contributed by atoms with Crippen LogP contribution in [0.5, 0.6) is 0 Å². The minimum Gasteiger partial charge on any atom is -0.384 e. The van der Waals surface area contributed by atoms with E-state index in [1.54, 1.807) is 0 Å². The maximum atomic E-state index is 3.35. The fourth-order valence-corrected chi connectivity index (χ4v) is 1.30. The molecule has 1 aromatic carbocycles. The van der Waals surface area contributed by atoms with E-state index in [4.69, 9.17) is 0 Å². The molecule has 0 saturated carbocycles. The van der Waals surface area contributed by atoms with Crippen molar-refractivity contribution in [1.29, 1.82) is 0 Å². The van der Waals surface area contributed by atoms with Gasteiger partial charge in [-0.1, -0.05) is 19.1 Å². The van der Waals surface area contributed by atoms with Gasteiger partial charge in [0.25, 0.3) is 0 Å². The lowest BCUT2D eigenvalue weighted by Gasteiger charge is -2.05. The van der Waals surface area contributed by atoms with Gasteiger partial charge in [0.2, 0.25) is 0 Å². The van der Waals surface area contributed by atoms with E-state index in [0.717, 1.165) is 19.4 Å². The minimum absolute atomic E-state index is 0.910. The lowest BCUT2D eigenvalue weighted by Crippen LogP contribution is -2.00. The number of benzene rings is 1. The molecular formula is C13H17N. The molecule has 0 spiro atoms. The van der Waals surface area contributed by atoms with E-state index >= 15 is 0 Å². The molecule has 0 aromatic heterocycles. The highest BCUT2D eigenvalue weighted by Crippen LogP contribution is 2.10. The molecule has 1 heteroatoms. The van der Waals surface area contributed by atoms with Crippen LogP contribution in [0.1, 0.15) is 25.8 Å². The van der Waals surface area contributed by atoms with Crippen molar-refractivity contribution in [2.45, 2.75) is 26.7 Å². The second kappa shape index (κ2) is 6.10. The SMILES string of the molecule is CC#CCCNc1cccc(CC)c1. The van der Waals surface area contributed by atoms with E-state index in [1.807, 2.05) is 6.92 Å². The average Bonchev–Trinajstić information content (AvgIpc) is 2.25. The summed E-state index contributed by atoms with van der Waals surface area (Å²) < 4.78 is 0. The molecule has 1 rings (SSSR count). The lowest BCUT2D eigenvalue weighted by atomic mass is 10.1. The van der Waals surface area contributed by atoms with Crippen LogP contribution in [0, 0.1) is 11.8 Å². The van der Waals surface area contributed by atoms with Crippen LogP contribution in [0.15, 0.2) is 24.3 Å². The Kier molecular flexibility index (Phi) is 4.64. The molecule has 74 valence electrons. The molecule has 1 aromatic rings. The Morgan fingerprint density at radius 1 is 1.36 bits per heavy atom. The summed E-state index contributed by atoms with van der Waals surface area (Å²) in [4.78, 5) is 0. The third kappa shape index (κ3) is 3.53. The summed E-state index contributed by atoms with van der Waals surface area (Å²) in [5.41, 5.74) is 2.57. The standard InChI is InChI=1S/C13H17N/c1-3-5-6-10-14-13-9-7-8-12(4-2)11-13/h7-9,11,14H,4,6,10H2,1-2H3. The van der Waals surface area contributed by atoms with Gasteiger partial charge in [-0.15, -0.1) is 11.8 Å². The van der Waals surface area contributed by atoms with Gasteiger partial charge in [-0.05, 0) is 31.0 Å². The number of hydrogen-bond donors (Lipinski definition) is 1. The van der Waals surface area contributed by atoms with Crippen LogP contribution in [0.3, 0.4) is 0 Å². The third-order valence-corrected chi connectivity index (χ3v) is 2.09. The van der Waals surface area contributed by atoms with E-state index in [-0.39, 0.29) is 0 Å². The first-order valence-corrected chi connectivity index (χ1v) is 5.09. The molecule has 0 aliphatic carbocycles. The van der Waals surface area contributed by atoms with E-state index in [1.165, 1.54) is 11.3 Å². The zero-order chi connectivity index (χ0) is 10.2. The first kappa shape index (κ1) is 10.7. The van der Waals surface area contributed by atoms with Crippen LogP contribution in [-0.4, -0.2) is 6.54 Å². The lowest BCUT2D eigenvalue weighted by molar-refractivity contribution is 1.09. The van der Waals surface area contributed by atoms with Gasteiger partial charge in [0.15, 0.2) is 0 Å². The predicted octanol–water partition coefficient (Wildman–Crippen LogP) is 3.07. The van der Waals surface area contributed by atoms with Gasteiger partial charge in [-0.2, -0.15) is 0 Å². The summed E-state index contributed by atoms with van der Waals surface area (Å²) in [7, 11) is 0. The van der Waals surface area contributed by atoms with Crippen LogP contribution in [0.4, 0.5) is 5.69 Å². The van der Waals surface area contributed by atoms with Gasteiger partial charge < -0.3 is 5.32 Å². The highest BCUT2D eigenvalue weighted by atomic mass is 14.9. The van der Waals surface area contributed by atoms with E-state index in [2.05, 4.69) is 48.3 Å². The highest BCUT2D eigenvalue weighted by molar-refractivity contribution is 5.45. The maximum Gasteiger partial charge on any atom is 0.0343 e. The Bertz CT molecular complexity index is 331. The van der Waals surface area contributed by atoms with E-state index in [0.29, 0.717) is 0 Å². The quantitative estimate of drug-likeness (QED) is 0.564. The molecule has 0 bridgehead atoms. The average molecular weight is 187 g/mol. The molecule has 0 aliphatic rings. The van der Waals surface area contributed by atoms with Crippen LogP contribution in [0.2, 0.25) is 0 Å². The van der Waals surface area contributed by atoms with Crippen molar-refractivity contribution in [3.8, 4) is 11.8 Å². The molecule has 0 fully saturated rings. The predicted molar refractivity (Wildman–Crippen MR) is 62.4 cm³/mol. The summed E-state index contributed by atoms with van der Waals surface area (Å²) >= 11 is 0. The molecule has 0 atom stereocenters. The molecule has 0 unspecified atom stereocenters. The Labute approximate surface area is 86.5 Å². The molecule has 0 radical (unpaired) electrons. The Balaban J connectivity index is 2.44. The van der Waals surface area contributed by atoms with Crippen molar-refractivity contribution >= 4 is 5.69 Å². The van der Waals surface area contributed by atoms with Crippen LogP contribution in [0.25, 0.3) is 0 Å². The van der Waals surface area contributed by atoms with Crippen molar-refractivity contribution in [3.63, 3.8) is 0 Å². The molecular weight excluding hydrogens is 170 g/mol. The Morgan fingerprint density at radius 3 is 2.93 bits per heavy atom. The summed E-state index contributed by atoms with van der Waals surface area (Å²) in [5, 5.41) is 3.35. The molecule has 14 heavy (non-hydrogen) atoms. The van der Waals surface area contributed by atoms with E-state index < -0.39 is 0 Å². The van der Waals surface area contributed by atoms with Crippen molar-refractivity contribution in [1.82, 2.24) is 0 Å². The first-order valence-electron chi connectivity index (χ1n) is 5.09. The largest absolute Gasteiger partial charge is 0.384 e.